The largest absolute Gasteiger partial charge is 0.361 e. The number of H-pyrrole nitrogens is 1. The number of benzene rings is 1. The third kappa shape index (κ3) is 6.54. The molecule has 0 saturated carbocycles. The molecule has 1 aromatic carbocycles. The van der Waals surface area contributed by atoms with Crippen LogP contribution in [0.15, 0.2) is 29.4 Å². The number of aromatic amines is 1. The van der Waals surface area contributed by atoms with Crippen molar-refractivity contribution in [1.29, 1.82) is 0 Å². The summed E-state index contributed by atoms with van der Waals surface area (Å²) in [6.45, 7) is 2.59. The minimum absolute atomic E-state index is 0. The van der Waals surface area contributed by atoms with E-state index in [9.17, 15) is 12.8 Å². The van der Waals surface area contributed by atoms with Gasteiger partial charge < -0.3 is 15.6 Å². The van der Waals surface area contributed by atoms with Gasteiger partial charge in [0.05, 0.1) is 6.26 Å². The van der Waals surface area contributed by atoms with Crippen molar-refractivity contribution in [1.82, 2.24) is 19.9 Å². The number of guanidine groups is 1. The van der Waals surface area contributed by atoms with Gasteiger partial charge in [0, 0.05) is 50.3 Å². The van der Waals surface area contributed by atoms with Crippen LogP contribution in [0.3, 0.4) is 0 Å². The number of hydrogen-bond donors (Lipinski definition) is 3. The van der Waals surface area contributed by atoms with Crippen LogP contribution < -0.4 is 10.6 Å². The minimum Gasteiger partial charge on any atom is -0.361 e. The molecule has 29 heavy (non-hydrogen) atoms. The maximum absolute atomic E-state index is 13.5. The van der Waals surface area contributed by atoms with Gasteiger partial charge in [0.25, 0.3) is 0 Å². The first-order chi connectivity index (χ1) is 13.4. The molecule has 162 valence electrons. The molecule has 0 amide bonds. The number of hydrogen-bond acceptors (Lipinski definition) is 3. The highest BCUT2D eigenvalue weighted by Crippen LogP contribution is 2.20. The molecular formula is C19H29FIN5O2S. The van der Waals surface area contributed by atoms with E-state index in [-0.39, 0.29) is 29.8 Å². The van der Waals surface area contributed by atoms with Crippen molar-refractivity contribution >= 4 is 50.9 Å². The van der Waals surface area contributed by atoms with Crippen LogP contribution in [0.2, 0.25) is 0 Å². The predicted octanol–water partition coefficient (Wildman–Crippen LogP) is 2.30. The second kappa shape index (κ2) is 10.6. The number of aliphatic imine (C=N–C) groups is 1. The summed E-state index contributed by atoms with van der Waals surface area (Å²) in [5, 5.41) is 7.51. The molecule has 1 aromatic heterocycles. The van der Waals surface area contributed by atoms with Crippen LogP contribution in [0.1, 0.15) is 18.4 Å². The third-order valence-corrected chi connectivity index (χ3v) is 6.54. The van der Waals surface area contributed by atoms with Crippen LogP contribution >= 0.6 is 24.0 Å². The van der Waals surface area contributed by atoms with Crippen LogP contribution in [0.25, 0.3) is 10.9 Å². The number of nitrogens with zero attached hydrogens (tertiary/aromatic N) is 2. The lowest BCUT2D eigenvalue weighted by Gasteiger charge is -2.30. The SMILES string of the molecule is CN=C(NCCc1c[nH]c2ccc(F)cc12)NCC1CCN(S(C)(=O)=O)CC1.I. The predicted molar refractivity (Wildman–Crippen MR) is 126 cm³/mol. The maximum atomic E-state index is 13.5. The van der Waals surface area contributed by atoms with Crippen LogP contribution in [-0.4, -0.2) is 63.1 Å². The van der Waals surface area contributed by atoms with E-state index in [4.69, 9.17) is 0 Å². The van der Waals surface area contributed by atoms with Crippen molar-refractivity contribution in [3.8, 4) is 0 Å². The lowest BCUT2D eigenvalue weighted by Crippen LogP contribution is -2.44. The molecule has 0 aliphatic carbocycles. The lowest BCUT2D eigenvalue weighted by molar-refractivity contribution is 0.275. The second-order valence-electron chi connectivity index (χ2n) is 7.24. The number of nitrogens with one attached hydrogen (secondary N) is 3. The minimum atomic E-state index is -3.09. The number of halogens is 2. The molecule has 0 radical (unpaired) electrons. The summed E-state index contributed by atoms with van der Waals surface area (Å²) in [7, 11) is -1.36. The van der Waals surface area contributed by atoms with E-state index in [1.54, 1.807) is 23.5 Å². The average molecular weight is 537 g/mol. The zero-order valence-electron chi connectivity index (χ0n) is 16.7. The molecule has 1 saturated heterocycles. The molecule has 1 fully saturated rings. The molecule has 3 N–H and O–H groups in total. The van der Waals surface area contributed by atoms with Gasteiger partial charge >= 0.3 is 0 Å². The molecule has 0 spiro atoms. The van der Waals surface area contributed by atoms with Crippen LogP contribution in [-0.2, 0) is 16.4 Å². The monoisotopic (exact) mass is 537 g/mol. The number of piperidine rings is 1. The Morgan fingerprint density at radius 1 is 1.31 bits per heavy atom. The summed E-state index contributed by atoms with van der Waals surface area (Å²) in [5.41, 5.74) is 1.99. The van der Waals surface area contributed by atoms with E-state index in [2.05, 4.69) is 20.6 Å². The van der Waals surface area contributed by atoms with Gasteiger partial charge in [0.1, 0.15) is 5.82 Å². The normalized spacial score (nSPS) is 16.6. The van der Waals surface area contributed by atoms with Crippen molar-refractivity contribution in [3.63, 3.8) is 0 Å². The Morgan fingerprint density at radius 2 is 2.03 bits per heavy atom. The number of rotatable bonds is 6. The van der Waals surface area contributed by atoms with Gasteiger partial charge in [-0.25, -0.2) is 17.1 Å². The van der Waals surface area contributed by atoms with Gasteiger partial charge in [-0.2, -0.15) is 0 Å². The molecule has 2 heterocycles. The van der Waals surface area contributed by atoms with E-state index >= 15 is 0 Å². The molecule has 7 nitrogen and oxygen atoms in total. The molecule has 2 aromatic rings. The molecular weight excluding hydrogens is 508 g/mol. The Bertz CT molecular complexity index is 939. The van der Waals surface area contributed by atoms with Crippen molar-refractivity contribution in [2.75, 3.05) is 39.5 Å². The Kier molecular flexibility index (Phi) is 8.71. The third-order valence-electron chi connectivity index (χ3n) is 5.24. The first kappa shape index (κ1) is 23.9. The summed E-state index contributed by atoms with van der Waals surface area (Å²) in [6.07, 6.45) is 5.61. The Labute approximate surface area is 188 Å². The van der Waals surface area contributed by atoms with Crippen LogP contribution in [0.5, 0.6) is 0 Å². The van der Waals surface area contributed by atoms with E-state index in [0.717, 1.165) is 48.2 Å². The number of fused-ring (bicyclic) bond motifs is 1. The Balaban J connectivity index is 0.00000300. The highest BCUT2D eigenvalue weighted by molar-refractivity contribution is 14.0. The summed E-state index contributed by atoms with van der Waals surface area (Å²) in [6, 6.07) is 4.75. The molecule has 1 aliphatic rings. The molecule has 1 aliphatic heterocycles. The van der Waals surface area contributed by atoms with E-state index in [1.165, 1.54) is 12.3 Å². The van der Waals surface area contributed by atoms with Gasteiger partial charge in [-0.05, 0) is 48.9 Å². The van der Waals surface area contributed by atoms with Gasteiger partial charge in [-0.1, -0.05) is 0 Å². The molecule has 0 unspecified atom stereocenters. The van der Waals surface area contributed by atoms with Gasteiger partial charge in [0.2, 0.25) is 10.0 Å². The van der Waals surface area contributed by atoms with E-state index < -0.39 is 10.0 Å². The molecule has 10 heteroatoms. The quantitative estimate of drug-likeness (QED) is 0.300. The van der Waals surface area contributed by atoms with Crippen LogP contribution in [0, 0.1) is 11.7 Å². The Hall–Kier alpha value is -1.40. The topological polar surface area (TPSA) is 89.6 Å². The summed E-state index contributed by atoms with van der Waals surface area (Å²) < 4.78 is 38.2. The Morgan fingerprint density at radius 3 is 2.69 bits per heavy atom. The summed E-state index contributed by atoms with van der Waals surface area (Å²) >= 11 is 0. The van der Waals surface area contributed by atoms with Crippen molar-refractivity contribution in [2.24, 2.45) is 10.9 Å². The second-order valence-corrected chi connectivity index (χ2v) is 9.22. The van der Waals surface area contributed by atoms with Crippen molar-refractivity contribution < 1.29 is 12.8 Å². The first-order valence-electron chi connectivity index (χ1n) is 9.52. The zero-order chi connectivity index (χ0) is 20.1. The molecule has 0 atom stereocenters. The molecule has 3 rings (SSSR count). The first-order valence-corrected chi connectivity index (χ1v) is 11.4. The average Bonchev–Trinajstić information content (AvgIpc) is 3.06. The molecule has 0 bridgehead atoms. The number of aromatic nitrogens is 1. The van der Waals surface area contributed by atoms with Gasteiger partial charge in [-0.15, -0.1) is 24.0 Å². The van der Waals surface area contributed by atoms with Gasteiger partial charge in [-0.3, -0.25) is 4.99 Å². The number of sulfonamides is 1. The highest BCUT2D eigenvalue weighted by atomic mass is 127. The van der Waals surface area contributed by atoms with E-state index in [1.807, 2.05) is 6.20 Å². The highest BCUT2D eigenvalue weighted by Gasteiger charge is 2.24. The smallest absolute Gasteiger partial charge is 0.211 e. The fourth-order valence-electron chi connectivity index (χ4n) is 3.58. The summed E-state index contributed by atoms with van der Waals surface area (Å²) in [4.78, 5) is 7.40. The zero-order valence-corrected chi connectivity index (χ0v) is 19.9. The van der Waals surface area contributed by atoms with E-state index in [0.29, 0.717) is 25.6 Å². The van der Waals surface area contributed by atoms with Crippen molar-refractivity contribution in [2.45, 2.75) is 19.3 Å². The van der Waals surface area contributed by atoms with Gasteiger partial charge in [0.15, 0.2) is 5.96 Å². The fraction of sp³-hybridized carbons (Fsp3) is 0.526. The summed E-state index contributed by atoms with van der Waals surface area (Å²) in [5.74, 6) is 0.908. The lowest BCUT2D eigenvalue weighted by atomic mass is 9.98. The maximum Gasteiger partial charge on any atom is 0.211 e. The van der Waals surface area contributed by atoms with Crippen LogP contribution in [0.4, 0.5) is 4.39 Å². The standard InChI is InChI=1S/C19H28FN5O2S.HI/c1-21-19(24-12-14-6-9-25(10-7-14)28(2,26)27)22-8-5-15-13-23-18-4-3-16(20)11-17(15)18;/h3-4,11,13-14,23H,5-10,12H2,1-2H3,(H2,21,22,24);1H. The van der Waals surface area contributed by atoms with Crippen molar-refractivity contribution in [3.05, 3.63) is 35.8 Å². The fourth-order valence-corrected chi connectivity index (χ4v) is 4.45.